The van der Waals surface area contributed by atoms with E-state index < -0.39 is 10.0 Å². The van der Waals surface area contributed by atoms with Crippen molar-refractivity contribution in [3.8, 4) is 0 Å². The second kappa shape index (κ2) is 12.9. The van der Waals surface area contributed by atoms with Gasteiger partial charge in [-0.1, -0.05) is 67.9 Å². The lowest BCUT2D eigenvalue weighted by Crippen LogP contribution is -2.49. The number of rotatable bonds is 11. The quantitative estimate of drug-likeness (QED) is 0.255. The van der Waals surface area contributed by atoms with Crippen molar-refractivity contribution in [2.45, 2.75) is 50.5 Å². The van der Waals surface area contributed by atoms with E-state index in [1.165, 1.54) is 11.1 Å². The topological polar surface area (TPSA) is 78.4 Å². The number of para-hydroxylation sites is 1. The van der Waals surface area contributed by atoms with E-state index in [0.29, 0.717) is 31.1 Å². The molecule has 1 aromatic heterocycles. The Bertz CT molecular complexity index is 1500. The molecule has 0 radical (unpaired) electrons. The summed E-state index contributed by atoms with van der Waals surface area (Å²) in [6.45, 7) is 7.18. The predicted molar refractivity (Wildman–Crippen MR) is 162 cm³/mol. The van der Waals surface area contributed by atoms with Crippen LogP contribution >= 0.6 is 0 Å². The van der Waals surface area contributed by atoms with Crippen LogP contribution in [-0.2, 0) is 22.9 Å². The summed E-state index contributed by atoms with van der Waals surface area (Å²) in [6, 6.07) is 25.9. The predicted octanol–water partition coefficient (Wildman–Crippen LogP) is 5.69. The van der Waals surface area contributed by atoms with Crippen molar-refractivity contribution in [1.82, 2.24) is 19.2 Å². The molecule has 0 aliphatic carbocycles. The molecule has 210 valence electrons. The summed E-state index contributed by atoms with van der Waals surface area (Å²) in [5.74, 6) is 1.59. The van der Waals surface area contributed by atoms with Gasteiger partial charge >= 0.3 is 0 Å². The molecule has 1 aliphatic heterocycles. The number of aryl methyl sites for hydroxylation is 1. The van der Waals surface area contributed by atoms with Crippen LogP contribution in [0.15, 0.2) is 83.8 Å². The molecule has 1 fully saturated rings. The number of sulfonamides is 1. The van der Waals surface area contributed by atoms with Crippen LogP contribution in [-0.4, -0.2) is 60.3 Å². The van der Waals surface area contributed by atoms with Crippen LogP contribution in [0.3, 0.4) is 0 Å². The Kier molecular flexibility index (Phi) is 9.09. The molecule has 40 heavy (non-hydrogen) atoms. The Labute approximate surface area is 238 Å². The van der Waals surface area contributed by atoms with Gasteiger partial charge in [0.15, 0.2) is 0 Å². The summed E-state index contributed by atoms with van der Waals surface area (Å²) in [5, 5.41) is 4.54. The molecule has 0 amide bonds. The fraction of sp³-hybridized carbons (Fsp3) is 0.375. The fourth-order valence-corrected chi connectivity index (χ4v) is 6.66. The van der Waals surface area contributed by atoms with Crippen LogP contribution < -0.4 is 5.32 Å². The van der Waals surface area contributed by atoms with E-state index in [1.54, 1.807) is 16.4 Å². The summed E-state index contributed by atoms with van der Waals surface area (Å²) in [6.07, 6.45) is 4.12. The van der Waals surface area contributed by atoms with Crippen molar-refractivity contribution >= 4 is 26.7 Å². The standard InChI is InChI=1S/C32H39N5O2S/c1-3-4-10-27-15-17-28(18-16-27)40(38,39)37-23-21-36(22-24-37)25(2)31-34-30-14-9-8-13-29(30)32(35-31)33-20-19-26-11-6-5-7-12-26/h5-9,11-18,25H,3-4,10,19-24H2,1-2H3,(H,33,34,35)/t25-/m0/s1. The Morgan fingerprint density at radius 1 is 0.825 bits per heavy atom. The lowest BCUT2D eigenvalue weighted by molar-refractivity contribution is 0.141. The van der Waals surface area contributed by atoms with Gasteiger partial charge in [0, 0.05) is 38.1 Å². The van der Waals surface area contributed by atoms with Gasteiger partial charge in [-0.3, -0.25) is 4.90 Å². The molecule has 0 unspecified atom stereocenters. The van der Waals surface area contributed by atoms with E-state index in [1.807, 2.05) is 36.4 Å². The average molecular weight is 558 g/mol. The molecule has 8 heteroatoms. The zero-order valence-corrected chi connectivity index (χ0v) is 24.3. The van der Waals surface area contributed by atoms with Crippen LogP contribution in [0.1, 0.15) is 49.7 Å². The smallest absolute Gasteiger partial charge is 0.243 e. The number of anilines is 1. The first-order chi connectivity index (χ1) is 19.5. The SMILES string of the molecule is CCCCc1ccc(S(=O)(=O)N2CCN([C@@H](C)c3nc(NCCc4ccccc4)c4ccccc4n3)CC2)cc1. The van der Waals surface area contributed by atoms with Crippen molar-refractivity contribution in [1.29, 1.82) is 0 Å². The highest BCUT2D eigenvalue weighted by molar-refractivity contribution is 7.89. The van der Waals surface area contributed by atoms with Crippen molar-refractivity contribution in [3.63, 3.8) is 0 Å². The minimum atomic E-state index is -3.52. The highest BCUT2D eigenvalue weighted by Gasteiger charge is 2.31. The summed E-state index contributed by atoms with van der Waals surface area (Å²) in [5.41, 5.74) is 3.37. The molecule has 7 nitrogen and oxygen atoms in total. The van der Waals surface area contributed by atoms with Crippen LogP contribution in [0.2, 0.25) is 0 Å². The summed E-state index contributed by atoms with van der Waals surface area (Å²) in [7, 11) is -3.52. The lowest BCUT2D eigenvalue weighted by Gasteiger charge is -2.37. The maximum absolute atomic E-state index is 13.3. The molecule has 0 spiro atoms. The van der Waals surface area contributed by atoms with Crippen LogP contribution in [0.4, 0.5) is 5.82 Å². The van der Waals surface area contributed by atoms with Gasteiger partial charge in [0.05, 0.1) is 16.5 Å². The van der Waals surface area contributed by atoms with E-state index in [9.17, 15) is 8.42 Å². The maximum atomic E-state index is 13.3. The van der Waals surface area contributed by atoms with Gasteiger partial charge in [0.2, 0.25) is 10.0 Å². The first-order valence-corrected chi connectivity index (χ1v) is 15.8. The molecule has 0 saturated carbocycles. The normalized spacial score (nSPS) is 15.8. The lowest BCUT2D eigenvalue weighted by atomic mass is 10.1. The maximum Gasteiger partial charge on any atom is 0.243 e. The van der Waals surface area contributed by atoms with Crippen LogP contribution in [0.25, 0.3) is 10.9 Å². The number of hydrogen-bond acceptors (Lipinski definition) is 6. The zero-order valence-electron chi connectivity index (χ0n) is 23.5. The molecule has 1 N–H and O–H groups in total. The van der Waals surface area contributed by atoms with Crippen molar-refractivity contribution < 1.29 is 8.42 Å². The molecule has 4 aromatic rings. The number of fused-ring (bicyclic) bond motifs is 1. The van der Waals surface area contributed by atoms with Gasteiger partial charge < -0.3 is 5.32 Å². The third kappa shape index (κ3) is 6.52. The minimum Gasteiger partial charge on any atom is -0.369 e. The Morgan fingerprint density at radius 3 is 2.23 bits per heavy atom. The summed E-state index contributed by atoms with van der Waals surface area (Å²) >= 11 is 0. The van der Waals surface area contributed by atoms with Crippen molar-refractivity contribution in [2.24, 2.45) is 0 Å². The molecular formula is C32H39N5O2S. The van der Waals surface area contributed by atoms with E-state index in [2.05, 4.69) is 54.4 Å². The average Bonchev–Trinajstić information content (AvgIpc) is 3.00. The Hall–Kier alpha value is -3.33. The minimum absolute atomic E-state index is 0.0398. The number of aromatic nitrogens is 2. The molecule has 3 aromatic carbocycles. The number of unbranched alkanes of at least 4 members (excludes halogenated alkanes) is 1. The summed E-state index contributed by atoms with van der Waals surface area (Å²) < 4.78 is 28.3. The summed E-state index contributed by atoms with van der Waals surface area (Å²) in [4.78, 5) is 12.5. The van der Waals surface area contributed by atoms with Gasteiger partial charge in [0.1, 0.15) is 11.6 Å². The zero-order chi connectivity index (χ0) is 28.0. The second-order valence-corrected chi connectivity index (χ2v) is 12.4. The molecule has 5 rings (SSSR count). The number of nitrogens with zero attached hydrogens (tertiary/aromatic N) is 4. The number of hydrogen-bond donors (Lipinski definition) is 1. The first-order valence-electron chi connectivity index (χ1n) is 14.3. The second-order valence-electron chi connectivity index (χ2n) is 10.5. The van der Waals surface area contributed by atoms with Gasteiger partial charge in [-0.25, -0.2) is 18.4 Å². The van der Waals surface area contributed by atoms with Crippen LogP contribution in [0.5, 0.6) is 0 Å². The Balaban J connectivity index is 1.25. The fourth-order valence-electron chi connectivity index (χ4n) is 5.24. The number of nitrogens with one attached hydrogen (secondary N) is 1. The van der Waals surface area contributed by atoms with E-state index in [-0.39, 0.29) is 6.04 Å². The van der Waals surface area contributed by atoms with E-state index in [0.717, 1.165) is 54.8 Å². The van der Waals surface area contributed by atoms with Crippen molar-refractivity contribution in [3.05, 3.63) is 95.8 Å². The largest absolute Gasteiger partial charge is 0.369 e. The molecule has 0 bridgehead atoms. The first kappa shape index (κ1) is 28.2. The van der Waals surface area contributed by atoms with Gasteiger partial charge in [-0.05, 0) is 61.6 Å². The highest BCUT2D eigenvalue weighted by atomic mass is 32.2. The van der Waals surface area contributed by atoms with Gasteiger partial charge in [-0.15, -0.1) is 0 Å². The van der Waals surface area contributed by atoms with Crippen molar-refractivity contribution in [2.75, 3.05) is 38.0 Å². The molecule has 1 atom stereocenters. The molecular weight excluding hydrogens is 518 g/mol. The third-order valence-electron chi connectivity index (χ3n) is 7.74. The third-order valence-corrected chi connectivity index (χ3v) is 9.66. The highest BCUT2D eigenvalue weighted by Crippen LogP contribution is 2.27. The van der Waals surface area contributed by atoms with Crippen LogP contribution in [0, 0.1) is 0 Å². The Morgan fingerprint density at radius 2 is 1.50 bits per heavy atom. The van der Waals surface area contributed by atoms with E-state index in [4.69, 9.17) is 9.97 Å². The molecule has 1 saturated heterocycles. The monoisotopic (exact) mass is 557 g/mol. The van der Waals surface area contributed by atoms with Gasteiger partial charge in [0.25, 0.3) is 0 Å². The molecule has 2 heterocycles. The number of benzene rings is 3. The van der Waals surface area contributed by atoms with Gasteiger partial charge in [-0.2, -0.15) is 4.31 Å². The molecule has 1 aliphatic rings. The van der Waals surface area contributed by atoms with E-state index >= 15 is 0 Å². The number of piperazine rings is 1.